The van der Waals surface area contributed by atoms with Gasteiger partial charge in [-0.1, -0.05) is 0 Å². The van der Waals surface area contributed by atoms with Crippen LogP contribution in [0.15, 0.2) is 36.7 Å². The number of benzene rings is 1. The third-order valence-electron chi connectivity index (χ3n) is 2.36. The molecule has 0 radical (unpaired) electrons. The van der Waals surface area contributed by atoms with E-state index in [9.17, 15) is 4.79 Å². The van der Waals surface area contributed by atoms with E-state index in [0.717, 1.165) is 5.56 Å². The first-order chi connectivity index (χ1) is 7.18. The van der Waals surface area contributed by atoms with Gasteiger partial charge in [0.1, 0.15) is 0 Å². The zero-order valence-corrected chi connectivity index (χ0v) is 8.45. The summed E-state index contributed by atoms with van der Waals surface area (Å²) in [4.78, 5) is 14.8. The molecule has 0 aliphatic carbocycles. The van der Waals surface area contributed by atoms with Gasteiger partial charge in [0.15, 0.2) is 5.78 Å². The molecule has 0 saturated carbocycles. The fourth-order valence-electron chi connectivity index (χ4n) is 1.56. The predicted octanol–water partition coefficient (Wildman–Crippen LogP) is 2.14. The van der Waals surface area contributed by atoms with Gasteiger partial charge in [-0.2, -0.15) is 0 Å². The minimum atomic E-state index is 0.0220. The molecule has 0 atom stereocenters. The third kappa shape index (κ3) is 1.76. The molecule has 2 aromatic rings. The smallest absolute Gasteiger partial charge is 0.194 e. The Morgan fingerprint density at radius 3 is 2.73 bits per heavy atom. The molecular weight excluding hydrogens is 188 g/mol. The van der Waals surface area contributed by atoms with E-state index in [2.05, 4.69) is 4.98 Å². The minimum Gasteiger partial charge on any atom is -0.399 e. The van der Waals surface area contributed by atoms with Crippen molar-refractivity contribution >= 4 is 11.5 Å². The molecule has 0 bridgehead atoms. The van der Waals surface area contributed by atoms with Gasteiger partial charge in [0.25, 0.3) is 0 Å². The summed E-state index contributed by atoms with van der Waals surface area (Å²) >= 11 is 0. The van der Waals surface area contributed by atoms with Crippen molar-refractivity contribution in [3.63, 3.8) is 0 Å². The first-order valence-electron chi connectivity index (χ1n) is 4.72. The Hall–Kier alpha value is -2.03. The molecule has 1 heterocycles. The molecule has 1 aromatic heterocycles. The van der Waals surface area contributed by atoms with E-state index in [-0.39, 0.29) is 5.78 Å². The second kappa shape index (κ2) is 3.61. The van der Waals surface area contributed by atoms with Crippen LogP contribution >= 0.6 is 0 Å². The number of hydrogen-bond acceptors (Lipinski definition) is 2. The second-order valence-corrected chi connectivity index (χ2v) is 3.50. The Morgan fingerprint density at radius 2 is 2.13 bits per heavy atom. The van der Waals surface area contributed by atoms with E-state index in [1.165, 1.54) is 0 Å². The van der Waals surface area contributed by atoms with Crippen molar-refractivity contribution in [3.8, 4) is 0 Å². The van der Waals surface area contributed by atoms with Crippen LogP contribution in [0.3, 0.4) is 0 Å². The first-order valence-corrected chi connectivity index (χ1v) is 4.72. The lowest BCUT2D eigenvalue weighted by atomic mass is 10.0. The average molecular weight is 200 g/mol. The van der Waals surface area contributed by atoms with E-state index in [1.54, 1.807) is 36.7 Å². The molecule has 0 saturated heterocycles. The number of aromatic amines is 1. The molecular formula is C12H12N2O. The van der Waals surface area contributed by atoms with Gasteiger partial charge in [0.2, 0.25) is 0 Å². The average Bonchev–Trinajstić information content (AvgIpc) is 2.69. The van der Waals surface area contributed by atoms with Crippen LogP contribution < -0.4 is 5.73 Å². The fourth-order valence-corrected chi connectivity index (χ4v) is 1.56. The second-order valence-electron chi connectivity index (χ2n) is 3.50. The zero-order valence-electron chi connectivity index (χ0n) is 8.45. The number of anilines is 1. The van der Waals surface area contributed by atoms with Crippen molar-refractivity contribution in [2.45, 2.75) is 6.92 Å². The Balaban J connectivity index is 2.42. The third-order valence-corrected chi connectivity index (χ3v) is 2.36. The molecule has 0 amide bonds. The Labute approximate surface area is 87.9 Å². The van der Waals surface area contributed by atoms with Gasteiger partial charge in [-0.25, -0.2) is 0 Å². The lowest BCUT2D eigenvalue weighted by Crippen LogP contribution is -2.02. The maximum Gasteiger partial charge on any atom is 0.194 e. The fraction of sp³-hybridized carbons (Fsp3) is 0.0833. The predicted molar refractivity (Wildman–Crippen MR) is 59.8 cm³/mol. The van der Waals surface area contributed by atoms with Crippen molar-refractivity contribution in [1.29, 1.82) is 0 Å². The molecule has 0 aliphatic rings. The summed E-state index contributed by atoms with van der Waals surface area (Å²) in [5.41, 5.74) is 8.58. The number of nitrogens with two attached hydrogens (primary N) is 1. The highest BCUT2D eigenvalue weighted by molar-refractivity contribution is 6.09. The van der Waals surface area contributed by atoms with Crippen molar-refractivity contribution in [2.75, 3.05) is 5.73 Å². The standard InChI is InChI=1S/C12H12N2O/c1-8-6-10(13)2-3-11(8)12(15)9-4-5-14-7-9/h2-7,14H,13H2,1H3. The van der Waals surface area contributed by atoms with Gasteiger partial charge < -0.3 is 10.7 Å². The zero-order chi connectivity index (χ0) is 10.8. The molecule has 3 nitrogen and oxygen atoms in total. The van der Waals surface area contributed by atoms with Crippen molar-refractivity contribution < 1.29 is 4.79 Å². The molecule has 1 aromatic carbocycles. The number of carbonyl (C=O) groups is 1. The highest BCUT2D eigenvalue weighted by Crippen LogP contribution is 2.16. The van der Waals surface area contributed by atoms with Crippen LogP contribution in [0, 0.1) is 6.92 Å². The summed E-state index contributed by atoms with van der Waals surface area (Å²) in [5.74, 6) is 0.0220. The van der Waals surface area contributed by atoms with E-state index in [4.69, 9.17) is 5.73 Å². The van der Waals surface area contributed by atoms with Gasteiger partial charge in [0, 0.05) is 29.2 Å². The van der Waals surface area contributed by atoms with Gasteiger partial charge in [-0.15, -0.1) is 0 Å². The van der Waals surface area contributed by atoms with E-state index < -0.39 is 0 Å². The lowest BCUT2D eigenvalue weighted by molar-refractivity contribution is 0.103. The van der Waals surface area contributed by atoms with E-state index >= 15 is 0 Å². The quantitative estimate of drug-likeness (QED) is 0.576. The Kier molecular flexibility index (Phi) is 2.29. The van der Waals surface area contributed by atoms with Crippen LogP contribution in [-0.2, 0) is 0 Å². The Bertz CT molecular complexity index is 486. The van der Waals surface area contributed by atoms with Crippen LogP contribution in [0.5, 0.6) is 0 Å². The number of carbonyl (C=O) groups excluding carboxylic acids is 1. The van der Waals surface area contributed by atoms with Gasteiger partial charge in [-0.3, -0.25) is 4.79 Å². The molecule has 76 valence electrons. The van der Waals surface area contributed by atoms with Crippen LogP contribution in [0.2, 0.25) is 0 Å². The Morgan fingerprint density at radius 1 is 1.33 bits per heavy atom. The normalized spacial score (nSPS) is 10.2. The number of hydrogen-bond donors (Lipinski definition) is 2. The highest BCUT2D eigenvalue weighted by atomic mass is 16.1. The number of aromatic nitrogens is 1. The summed E-state index contributed by atoms with van der Waals surface area (Å²) in [6.07, 6.45) is 3.43. The van der Waals surface area contributed by atoms with Crippen molar-refractivity contribution in [2.24, 2.45) is 0 Å². The number of ketones is 1. The van der Waals surface area contributed by atoms with Gasteiger partial charge in [0.05, 0.1) is 0 Å². The minimum absolute atomic E-state index is 0.0220. The lowest BCUT2D eigenvalue weighted by Gasteiger charge is -2.04. The first kappa shape index (κ1) is 9.52. The maximum atomic E-state index is 12.0. The van der Waals surface area contributed by atoms with Gasteiger partial charge in [-0.05, 0) is 36.8 Å². The van der Waals surface area contributed by atoms with Crippen molar-refractivity contribution in [3.05, 3.63) is 53.3 Å². The summed E-state index contributed by atoms with van der Waals surface area (Å²) in [5, 5.41) is 0. The monoisotopic (exact) mass is 200 g/mol. The van der Waals surface area contributed by atoms with Crippen LogP contribution in [0.1, 0.15) is 21.5 Å². The topological polar surface area (TPSA) is 58.9 Å². The maximum absolute atomic E-state index is 12.0. The largest absolute Gasteiger partial charge is 0.399 e. The summed E-state index contributed by atoms with van der Waals surface area (Å²) in [6, 6.07) is 7.07. The molecule has 0 aliphatic heterocycles. The number of nitrogens with one attached hydrogen (secondary N) is 1. The summed E-state index contributed by atoms with van der Waals surface area (Å²) in [6.45, 7) is 1.89. The van der Waals surface area contributed by atoms with Gasteiger partial charge >= 0.3 is 0 Å². The molecule has 3 N–H and O–H groups in total. The molecule has 0 fully saturated rings. The van der Waals surface area contributed by atoms with E-state index in [1.807, 2.05) is 6.92 Å². The number of rotatable bonds is 2. The van der Waals surface area contributed by atoms with Crippen molar-refractivity contribution in [1.82, 2.24) is 4.98 Å². The number of aryl methyl sites for hydroxylation is 1. The number of nitrogen functional groups attached to an aromatic ring is 1. The molecule has 0 unspecified atom stereocenters. The summed E-state index contributed by atoms with van der Waals surface area (Å²) in [7, 11) is 0. The molecule has 0 spiro atoms. The van der Waals surface area contributed by atoms with Crippen LogP contribution in [-0.4, -0.2) is 10.8 Å². The van der Waals surface area contributed by atoms with Crippen LogP contribution in [0.4, 0.5) is 5.69 Å². The molecule has 2 rings (SSSR count). The highest BCUT2D eigenvalue weighted by Gasteiger charge is 2.11. The number of H-pyrrole nitrogens is 1. The van der Waals surface area contributed by atoms with Crippen LogP contribution in [0.25, 0.3) is 0 Å². The summed E-state index contributed by atoms with van der Waals surface area (Å²) < 4.78 is 0. The SMILES string of the molecule is Cc1cc(N)ccc1C(=O)c1cc[nH]c1. The molecule has 3 heteroatoms. The van der Waals surface area contributed by atoms with E-state index in [0.29, 0.717) is 16.8 Å². The molecule has 15 heavy (non-hydrogen) atoms.